The lowest BCUT2D eigenvalue weighted by Gasteiger charge is -2.08. The van der Waals surface area contributed by atoms with Crippen LogP contribution in [0.15, 0.2) is 57.7 Å². The van der Waals surface area contributed by atoms with Crippen molar-refractivity contribution in [3.05, 3.63) is 75.6 Å². The molecule has 1 aromatic heterocycles. The minimum atomic E-state index is -0.576. The molecule has 0 aliphatic heterocycles. The molecule has 0 saturated heterocycles. The molecule has 0 aliphatic rings. The van der Waals surface area contributed by atoms with Crippen molar-refractivity contribution in [2.75, 3.05) is 7.11 Å². The molecule has 1 heterocycles. The number of methoxy groups -OCH3 is 1. The molecule has 0 fully saturated rings. The number of carbonyl (C=O) groups excluding carboxylic acids is 1. The molecule has 0 unspecified atom stereocenters. The Bertz CT molecular complexity index is 956. The van der Waals surface area contributed by atoms with E-state index in [2.05, 4.69) is 0 Å². The van der Waals surface area contributed by atoms with E-state index in [1.165, 1.54) is 18.2 Å². The standard InChI is InChI=1S/C19H16O6/c1-23-10-12-2-4-13(5-3-12)19(22)24-11-14-8-18(21)25-17-9-15(20)6-7-16(14)17/h2-9,20H,10-11H2,1H3. The van der Waals surface area contributed by atoms with Crippen LogP contribution in [0, 0.1) is 0 Å². The van der Waals surface area contributed by atoms with Gasteiger partial charge >= 0.3 is 11.6 Å². The van der Waals surface area contributed by atoms with Gasteiger partial charge in [0, 0.05) is 30.2 Å². The van der Waals surface area contributed by atoms with Crippen molar-refractivity contribution < 1.29 is 23.8 Å². The molecule has 2 aromatic carbocycles. The number of esters is 1. The van der Waals surface area contributed by atoms with Gasteiger partial charge in [0.05, 0.1) is 12.2 Å². The quantitative estimate of drug-likeness (QED) is 0.568. The molecule has 6 nitrogen and oxygen atoms in total. The van der Waals surface area contributed by atoms with E-state index in [-0.39, 0.29) is 17.9 Å². The van der Waals surface area contributed by atoms with Crippen molar-refractivity contribution in [1.82, 2.24) is 0 Å². The summed E-state index contributed by atoms with van der Waals surface area (Å²) in [5.74, 6) is -0.509. The highest BCUT2D eigenvalue weighted by molar-refractivity contribution is 5.89. The van der Waals surface area contributed by atoms with Crippen LogP contribution in [0.4, 0.5) is 0 Å². The Balaban J connectivity index is 1.78. The lowest BCUT2D eigenvalue weighted by atomic mass is 10.1. The fraction of sp³-hybridized carbons (Fsp3) is 0.158. The smallest absolute Gasteiger partial charge is 0.338 e. The Labute approximate surface area is 143 Å². The largest absolute Gasteiger partial charge is 0.508 e. The van der Waals surface area contributed by atoms with Gasteiger partial charge in [-0.1, -0.05) is 12.1 Å². The first-order valence-corrected chi connectivity index (χ1v) is 7.57. The molecule has 6 heteroatoms. The Morgan fingerprint density at radius 3 is 2.56 bits per heavy atom. The van der Waals surface area contributed by atoms with Crippen LogP contribution in [0.2, 0.25) is 0 Å². The topological polar surface area (TPSA) is 86.0 Å². The number of phenolic OH excluding ortho intramolecular Hbond substituents is 1. The van der Waals surface area contributed by atoms with Crippen LogP contribution in [0.1, 0.15) is 21.5 Å². The van der Waals surface area contributed by atoms with Crippen LogP contribution >= 0.6 is 0 Å². The average Bonchev–Trinajstić information content (AvgIpc) is 2.59. The second kappa shape index (κ2) is 7.19. The van der Waals surface area contributed by atoms with Gasteiger partial charge in [0.25, 0.3) is 0 Å². The monoisotopic (exact) mass is 340 g/mol. The summed E-state index contributed by atoms with van der Waals surface area (Å²) in [6.07, 6.45) is 0. The average molecular weight is 340 g/mol. The van der Waals surface area contributed by atoms with Crippen molar-refractivity contribution in [3.8, 4) is 5.75 Å². The van der Waals surface area contributed by atoms with Crippen LogP contribution < -0.4 is 5.63 Å². The lowest BCUT2D eigenvalue weighted by Crippen LogP contribution is -2.08. The van der Waals surface area contributed by atoms with Gasteiger partial charge < -0.3 is 19.0 Å². The number of aromatic hydroxyl groups is 1. The maximum absolute atomic E-state index is 12.2. The first-order chi connectivity index (χ1) is 12.1. The number of carbonyl (C=O) groups is 1. The van der Waals surface area contributed by atoms with Gasteiger partial charge in [0.1, 0.15) is 17.9 Å². The summed E-state index contributed by atoms with van der Waals surface area (Å²) < 4.78 is 15.4. The van der Waals surface area contributed by atoms with Gasteiger partial charge in [-0.3, -0.25) is 0 Å². The summed E-state index contributed by atoms with van der Waals surface area (Å²) in [6, 6.07) is 12.6. The Kier molecular flexibility index (Phi) is 4.81. The third-order valence-electron chi connectivity index (χ3n) is 3.67. The highest BCUT2D eigenvalue weighted by Crippen LogP contribution is 2.22. The molecule has 0 spiro atoms. The molecule has 3 rings (SSSR count). The van der Waals surface area contributed by atoms with Crippen LogP contribution in [-0.4, -0.2) is 18.2 Å². The molecule has 0 aliphatic carbocycles. The van der Waals surface area contributed by atoms with Crippen molar-refractivity contribution >= 4 is 16.9 Å². The predicted molar refractivity (Wildman–Crippen MR) is 90.4 cm³/mol. The molecule has 128 valence electrons. The van der Waals surface area contributed by atoms with Crippen molar-refractivity contribution in [1.29, 1.82) is 0 Å². The lowest BCUT2D eigenvalue weighted by molar-refractivity contribution is 0.0473. The molecule has 25 heavy (non-hydrogen) atoms. The predicted octanol–water partition coefficient (Wildman–Crippen LogP) is 3.00. The fourth-order valence-corrected chi connectivity index (χ4v) is 2.47. The molecule has 0 amide bonds. The van der Waals surface area contributed by atoms with E-state index >= 15 is 0 Å². The first kappa shape index (κ1) is 16.7. The Hall–Kier alpha value is -3.12. The van der Waals surface area contributed by atoms with Crippen molar-refractivity contribution in [2.24, 2.45) is 0 Å². The summed E-state index contributed by atoms with van der Waals surface area (Å²) in [7, 11) is 1.60. The molecule has 0 radical (unpaired) electrons. The highest BCUT2D eigenvalue weighted by atomic mass is 16.5. The summed E-state index contributed by atoms with van der Waals surface area (Å²) in [4.78, 5) is 23.8. The molecule has 3 aromatic rings. The number of phenols is 1. The Morgan fingerprint density at radius 2 is 1.84 bits per heavy atom. The number of fused-ring (bicyclic) bond motifs is 1. The van der Waals surface area contributed by atoms with Crippen LogP contribution in [0.3, 0.4) is 0 Å². The first-order valence-electron chi connectivity index (χ1n) is 7.57. The number of rotatable bonds is 5. The van der Waals surface area contributed by atoms with Crippen molar-refractivity contribution in [3.63, 3.8) is 0 Å². The minimum absolute atomic E-state index is 0.0130. The van der Waals surface area contributed by atoms with Crippen LogP contribution in [-0.2, 0) is 22.7 Å². The molecule has 1 N–H and O–H groups in total. The molecule has 0 saturated carbocycles. The van der Waals surface area contributed by atoms with Crippen LogP contribution in [0.25, 0.3) is 11.0 Å². The number of hydrogen-bond donors (Lipinski definition) is 1. The summed E-state index contributed by atoms with van der Waals surface area (Å²) in [6.45, 7) is 0.388. The molecule has 0 bridgehead atoms. The zero-order valence-electron chi connectivity index (χ0n) is 13.5. The van der Waals surface area contributed by atoms with E-state index in [9.17, 15) is 14.7 Å². The Morgan fingerprint density at radius 1 is 1.08 bits per heavy atom. The maximum atomic E-state index is 12.2. The van der Waals surface area contributed by atoms with Gasteiger partial charge in [-0.15, -0.1) is 0 Å². The van der Waals surface area contributed by atoms with Gasteiger partial charge in [-0.25, -0.2) is 9.59 Å². The molecular formula is C19H16O6. The van der Waals surface area contributed by atoms with E-state index < -0.39 is 11.6 Å². The summed E-state index contributed by atoms with van der Waals surface area (Å²) in [5.41, 5.74) is 1.53. The molecular weight excluding hydrogens is 324 g/mol. The zero-order valence-corrected chi connectivity index (χ0v) is 13.5. The van der Waals surface area contributed by atoms with Crippen LogP contribution in [0.5, 0.6) is 5.75 Å². The van der Waals surface area contributed by atoms with Crippen molar-refractivity contribution in [2.45, 2.75) is 13.2 Å². The number of benzene rings is 2. The maximum Gasteiger partial charge on any atom is 0.338 e. The molecule has 0 atom stereocenters. The minimum Gasteiger partial charge on any atom is -0.508 e. The second-order valence-electron chi connectivity index (χ2n) is 5.48. The van der Waals surface area contributed by atoms with Gasteiger partial charge in [-0.05, 0) is 29.8 Å². The summed E-state index contributed by atoms with van der Waals surface area (Å²) in [5, 5.41) is 10.1. The van der Waals surface area contributed by atoms with E-state index in [0.717, 1.165) is 5.56 Å². The number of hydrogen-bond acceptors (Lipinski definition) is 6. The fourth-order valence-electron chi connectivity index (χ4n) is 2.47. The van der Waals surface area contributed by atoms with E-state index in [1.807, 2.05) is 0 Å². The van der Waals surface area contributed by atoms with Gasteiger partial charge in [0.2, 0.25) is 0 Å². The SMILES string of the molecule is COCc1ccc(C(=O)OCc2cc(=O)oc3cc(O)ccc23)cc1. The normalized spacial score (nSPS) is 10.8. The number of ether oxygens (including phenoxy) is 2. The third kappa shape index (κ3) is 3.87. The summed E-state index contributed by atoms with van der Waals surface area (Å²) >= 11 is 0. The van der Waals surface area contributed by atoms with Gasteiger partial charge in [0.15, 0.2) is 0 Å². The van der Waals surface area contributed by atoms with Gasteiger partial charge in [-0.2, -0.15) is 0 Å². The zero-order chi connectivity index (χ0) is 17.8. The third-order valence-corrected chi connectivity index (χ3v) is 3.67. The van der Waals surface area contributed by atoms with E-state index in [4.69, 9.17) is 13.9 Å². The second-order valence-corrected chi connectivity index (χ2v) is 5.48. The van der Waals surface area contributed by atoms with E-state index in [0.29, 0.717) is 23.1 Å². The van der Waals surface area contributed by atoms with E-state index in [1.54, 1.807) is 37.4 Å². The highest BCUT2D eigenvalue weighted by Gasteiger charge is 2.11.